The van der Waals surface area contributed by atoms with E-state index >= 15 is 0 Å². The zero-order valence-corrected chi connectivity index (χ0v) is 15.0. The molecule has 1 amide bonds. The monoisotopic (exact) mass is 339 g/mol. The van der Waals surface area contributed by atoms with Crippen LogP contribution in [0.25, 0.3) is 0 Å². The van der Waals surface area contributed by atoms with E-state index in [-0.39, 0.29) is 24.9 Å². The van der Waals surface area contributed by atoms with Crippen LogP contribution < -0.4 is 5.32 Å². The predicted octanol–water partition coefficient (Wildman–Crippen LogP) is 3.31. The van der Waals surface area contributed by atoms with E-state index in [1.807, 2.05) is 69.3 Å². The molecule has 0 bridgehead atoms. The lowest BCUT2D eigenvalue weighted by atomic mass is 10.0. The molecule has 4 nitrogen and oxygen atoms in total. The van der Waals surface area contributed by atoms with Crippen molar-refractivity contribution < 1.29 is 14.3 Å². The summed E-state index contributed by atoms with van der Waals surface area (Å²) in [4.78, 5) is 23.7. The Morgan fingerprint density at radius 3 is 2.44 bits per heavy atom. The van der Waals surface area contributed by atoms with E-state index in [0.29, 0.717) is 6.54 Å². The third-order valence-electron chi connectivity index (χ3n) is 4.26. The number of rotatable bonds is 7. The molecule has 0 aromatic heterocycles. The fourth-order valence-corrected chi connectivity index (χ4v) is 2.49. The number of nitrogens with one attached hydrogen (secondary N) is 1. The average Bonchev–Trinajstić information content (AvgIpc) is 2.61. The highest BCUT2D eigenvalue weighted by molar-refractivity contribution is 5.81. The van der Waals surface area contributed by atoms with Crippen LogP contribution in [0.4, 0.5) is 0 Å². The van der Waals surface area contributed by atoms with Gasteiger partial charge in [-0.2, -0.15) is 0 Å². The molecule has 0 saturated carbocycles. The van der Waals surface area contributed by atoms with Crippen molar-refractivity contribution in [3.63, 3.8) is 0 Å². The van der Waals surface area contributed by atoms with Crippen LogP contribution in [0.3, 0.4) is 0 Å². The smallest absolute Gasteiger partial charge is 0.310 e. The quantitative estimate of drug-likeness (QED) is 0.788. The van der Waals surface area contributed by atoms with Crippen molar-refractivity contribution in [2.45, 2.75) is 33.1 Å². The van der Waals surface area contributed by atoms with Gasteiger partial charge in [0.15, 0.2) is 6.61 Å². The first-order valence-corrected chi connectivity index (χ1v) is 8.49. The van der Waals surface area contributed by atoms with E-state index < -0.39 is 5.97 Å². The Balaban J connectivity index is 1.72. The minimum Gasteiger partial charge on any atom is -0.455 e. The molecule has 0 aliphatic heterocycles. The molecule has 0 fully saturated rings. The van der Waals surface area contributed by atoms with E-state index in [2.05, 4.69) is 5.32 Å². The Kier molecular flexibility index (Phi) is 6.75. The van der Waals surface area contributed by atoms with Crippen LogP contribution in [0.2, 0.25) is 0 Å². The lowest BCUT2D eigenvalue weighted by Crippen LogP contribution is -2.31. The molecule has 0 aliphatic rings. The van der Waals surface area contributed by atoms with E-state index in [1.165, 1.54) is 5.56 Å². The number of amides is 1. The molecule has 0 aliphatic carbocycles. The lowest BCUT2D eigenvalue weighted by molar-refractivity contribution is -0.147. The van der Waals surface area contributed by atoms with Gasteiger partial charge in [-0.3, -0.25) is 9.59 Å². The molecule has 25 heavy (non-hydrogen) atoms. The van der Waals surface area contributed by atoms with Gasteiger partial charge in [0.1, 0.15) is 0 Å². The fraction of sp³-hybridized carbons (Fsp3) is 0.333. The minimum atomic E-state index is -0.394. The lowest BCUT2D eigenvalue weighted by Gasteiger charge is -2.13. The molecule has 0 unspecified atom stereocenters. The molecular formula is C21H25NO3. The third-order valence-corrected chi connectivity index (χ3v) is 4.26. The molecule has 2 aromatic carbocycles. The van der Waals surface area contributed by atoms with Crippen LogP contribution >= 0.6 is 0 Å². The van der Waals surface area contributed by atoms with Crippen LogP contribution in [0.15, 0.2) is 48.5 Å². The Hall–Kier alpha value is -2.62. The molecule has 0 saturated heterocycles. The topological polar surface area (TPSA) is 55.4 Å². The van der Waals surface area contributed by atoms with Crippen molar-refractivity contribution in [1.29, 1.82) is 0 Å². The van der Waals surface area contributed by atoms with Gasteiger partial charge >= 0.3 is 5.97 Å². The molecular weight excluding hydrogens is 314 g/mol. The van der Waals surface area contributed by atoms with Gasteiger partial charge in [-0.05, 0) is 42.0 Å². The zero-order chi connectivity index (χ0) is 18.2. The first-order valence-electron chi connectivity index (χ1n) is 8.49. The van der Waals surface area contributed by atoms with Gasteiger partial charge in [-0.15, -0.1) is 0 Å². The predicted molar refractivity (Wildman–Crippen MR) is 98.4 cm³/mol. The SMILES string of the molecule is Cc1ccc(CC(=O)OCC(=O)NC[C@@H](C)c2ccccc2)cc1C. The molecule has 1 N–H and O–H groups in total. The highest BCUT2D eigenvalue weighted by Gasteiger charge is 2.11. The van der Waals surface area contributed by atoms with Gasteiger partial charge in [-0.25, -0.2) is 0 Å². The Labute approximate surface area is 149 Å². The third kappa shape index (κ3) is 6.07. The summed E-state index contributed by atoms with van der Waals surface area (Å²) in [6.45, 7) is 6.34. The Morgan fingerprint density at radius 2 is 1.76 bits per heavy atom. The number of hydrogen-bond donors (Lipinski definition) is 1. The highest BCUT2D eigenvalue weighted by atomic mass is 16.5. The van der Waals surface area contributed by atoms with Crippen molar-refractivity contribution >= 4 is 11.9 Å². The summed E-state index contributed by atoms with van der Waals surface area (Å²) in [5.74, 6) is -0.470. The number of ether oxygens (including phenoxy) is 1. The van der Waals surface area contributed by atoms with Crippen LogP contribution in [-0.2, 0) is 20.7 Å². The number of carbonyl (C=O) groups excluding carboxylic acids is 2. The minimum absolute atomic E-state index is 0.175. The summed E-state index contributed by atoms with van der Waals surface area (Å²) in [5.41, 5.74) is 4.38. The second kappa shape index (κ2) is 9.02. The van der Waals surface area contributed by atoms with Gasteiger partial charge in [0.25, 0.3) is 5.91 Å². The van der Waals surface area contributed by atoms with Gasteiger partial charge in [0, 0.05) is 6.54 Å². The van der Waals surface area contributed by atoms with Crippen molar-refractivity contribution in [2.75, 3.05) is 13.2 Å². The van der Waals surface area contributed by atoms with Crippen LogP contribution in [0.1, 0.15) is 35.1 Å². The number of esters is 1. The largest absolute Gasteiger partial charge is 0.455 e. The second-order valence-corrected chi connectivity index (χ2v) is 6.37. The number of aryl methyl sites for hydroxylation is 2. The summed E-state index contributed by atoms with van der Waals surface area (Å²) < 4.78 is 5.06. The maximum Gasteiger partial charge on any atom is 0.310 e. The van der Waals surface area contributed by atoms with E-state index in [9.17, 15) is 9.59 Å². The van der Waals surface area contributed by atoms with Crippen molar-refractivity contribution in [2.24, 2.45) is 0 Å². The summed E-state index contributed by atoms with van der Waals surface area (Å²) >= 11 is 0. The average molecular weight is 339 g/mol. The number of carbonyl (C=O) groups is 2. The molecule has 0 radical (unpaired) electrons. The van der Waals surface area contributed by atoms with Gasteiger partial charge in [-0.1, -0.05) is 55.5 Å². The van der Waals surface area contributed by atoms with Crippen molar-refractivity contribution in [3.8, 4) is 0 Å². The summed E-state index contributed by atoms with van der Waals surface area (Å²) in [7, 11) is 0. The van der Waals surface area contributed by atoms with Crippen molar-refractivity contribution in [1.82, 2.24) is 5.32 Å². The molecule has 4 heteroatoms. The molecule has 2 rings (SSSR count). The maximum atomic E-state index is 11.9. The van der Waals surface area contributed by atoms with Crippen LogP contribution in [0, 0.1) is 13.8 Å². The number of benzene rings is 2. The van der Waals surface area contributed by atoms with Gasteiger partial charge < -0.3 is 10.1 Å². The molecule has 1 atom stereocenters. The Morgan fingerprint density at radius 1 is 1.04 bits per heavy atom. The molecule has 0 heterocycles. The first kappa shape index (κ1) is 18.7. The van der Waals surface area contributed by atoms with Crippen LogP contribution in [0.5, 0.6) is 0 Å². The first-order chi connectivity index (χ1) is 12.0. The zero-order valence-electron chi connectivity index (χ0n) is 15.0. The van der Waals surface area contributed by atoms with E-state index in [1.54, 1.807) is 0 Å². The normalized spacial score (nSPS) is 11.6. The van der Waals surface area contributed by atoms with Gasteiger partial charge in [0.05, 0.1) is 6.42 Å². The highest BCUT2D eigenvalue weighted by Crippen LogP contribution is 2.13. The summed E-state index contributed by atoms with van der Waals surface area (Å²) in [6, 6.07) is 15.8. The van der Waals surface area contributed by atoms with E-state index in [4.69, 9.17) is 4.74 Å². The summed E-state index contributed by atoms with van der Waals surface area (Å²) in [5, 5.41) is 2.80. The fourth-order valence-electron chi connectivity index (χ4n) is 2.49. The standard InChI is InChI=1S/C21H25NO3/c1-15-9-10-18(11-16(15)2)12-21(24)25-14-20(23)22-13-17(3)19-7-5-4-6-8-19/h4-11,17H,12-14H2,1-3H3,(H,22,23)/t17-/m1/s1. The molecule has 132 valence electrons. The summed E-state index contributed by atoms with van der Waals surface area (Å²) in [6.07, 6.45) is 0.175. The maximum absolute atomic E-state index is 11.9. The second-order valence-electron chi connectivity index (χ2n) is 6.37. The van der Waals surface area contributed by atoms with E-state index in [0.717, 1.165) is 16.7 Å². The van der Waals surface area contributed by atoms with Crippen LogP contribution in [-0.4, -0.2) is 25.0 Å². The number of hydrogen-bond acceptors (Lipinski definition) is 3. The molecule has 2 aromatic rings. The van der Waals surface area contributed by atoms with Crippen molar-refractivity contribution in [3.05, 3.63) is 70.8 Å². The Bertz CT molecular complexity index is 725. The van der Waals surface area contributed by atoms with Gasteiger partial charge in [0.2, 0.25) is 0 Å². The molecule has 0 spiro atoms.